The zero-order valence-electron chi connectivity index (χ0n) is 11.1. The Bertz CT molecular complexity index is 255. The number of hydrogen-bond donors (Lipinski definition) is 0. The van der Waals surface area contributed by atoms with Gasteiger partial charge in [-0.05, 0) is 25.0 Å². The summed E-state index contributed by atoms with van der Waals surface area (Å²) in [5.74, 6) is 0. The molecular formula is C16H26I+. The number of hydrogen-bond acceptors (Lipinski definition) is 0. The molecule has 0 nitrogen and oxygen atoms in total. The number of halogens is 1. The lowest BCUT2D eigenvalue weighted by atomic mass is 10.1. The van der Waals surface area contributed by atoms with E-state index in [2.05, 4.69) is 37.3 Å². The first-order valence-corrected chi connectivity index (χ1v) is 9.68. The fourth-order valence-electron chi connectivity index (χ4n) is 1.91. The molecule has 0 aliphatic rings. The minimum Gasteiger partial charge on any atom is -0.0654 e. The van der Waals surface area contributed by atoms with Crippen molar-refractivity contribution in [2.45, 2.75) is 58.3 Å². The fraction of sp³-hybridized carbons (Fsp3) is 0.625. The summed E-state index contributed by atoms with van der Waals surface area (Å²) in [5.41, 5.74) is 0. The van der Waals surface area contributed by atoms with Crippen molar-refractivity contribution in [3.05, 3.63) is 33.9 Å². The molecule has 0 heterocycles. The second-order valence-electron chi connectivity index (χ2n) is 4.59. The summed E-state index contributed by atoms with van der Waals surface area (Å²) in [6.45, 7) is 2.28. The van der Waals surface area contributed by atoms with Gasteiger partial charge in [-0.1, -0.05) is 63.6 Å². The topological polar surface area (TPSA) is 0 Å². The Balaban J connectivity index is 1.85. The maximum absolute atomic E-state index is 2.29. The third kappa shape index (κ3) is 8.64. The highest BCUT2D eigenvalue weighted by Crippen LogP contribution is 2.07. The molecule has 0 amide bonds. The number of rotatable bonds is 10. The van der Waals surface area contributed by atoms with E-state index in [4.69, 9.17) is 0 Å². The van der Waals surface area contributed by atoms with Crippen molar-refractivity contribution in [2.24, 2.45) is 0 Å². The minimum atomic E-state index is 0.295. The number of benzene rings is 1. The number of unbranched alkanes of at least 4 members (excludes halogenated alkanes) is 7. The zero-order chi connectivity index (χ0) is 12.2. The lowest BCUT2D eigenvalue weighted by Crippen LogP contribution is -3.62. The van der Waals surface area contributed by atoms with E-state index < -0.39 is 0 Å². The summed E-state index contributed by atoms with van der Waals surface area (Å²) in [7, 11) is 0. The predicted molar refractivity (Wildman–Crippen MR) is 72.6 cm³/mol. The van der Waals surface area contributed by atoms with E-state index in [9.17, 15) is 0 Å². The smallest absolute Gasteiger partial charge is 0.0654 e. The summed E-state index contributed by atoms with van der Waals surface area (Å²) < 4.78 is 3.08. The van der Waals surface area contributed by atoms with Gasteiger partial charge in [-0.3, -0.25) is 0 Å². The van der Waals surface area contributed by atoms with Crippen molar-refractivity contribution in [3.8, 4) is 0 Å². The molecule has 0 unspecified atom stereocenters. The molecule has 0 saturated carbocycles. The largest absolute Gasteiger partial charge is 0.313 e. The first kappa shape index (κ1) is 15.0. The Morgan fingerprint density at radius 1 is 0.765 bits per heavy atom. The molecule has 0 aromatic heterocycles. The third-order valence-corrected chi connectivity index (χ3v) is 5.87. The van der Waals surface area contributed by atoms with Crippen LogP contribution in [0.3, 0.4) is 0 Å². The molecule has 0 radical (unpaired) electrons. The van der Waals surface area contributed by atoms with Gasteiger partial charge in [0.05, 0.1) is 0 Å². The Hall–Kier alpha value is -0.0500. The van der Waals surface area contributed by atoms with Crippen LogP contribution in [0.25, 0.3) is 0 Å². The van der Waals surface area contributed by atoms with E-state index in [0.29, 0.717) is 21.2 Å². The Kier molecular flexibility index (Phi) is 9.77. The second kappa shape index (κ2) is 11.1. The average Bonchev–Trinajstić information content (AvgIpc) is 2.38. The summed E-state index contributed by atoms with van der Waals surface area (Å²) in [6.07, 6.45) is 11.5. The van der Waals surface area contributed by atoms with Gasteiger partial charge in [0.15, 0.2) is 3.57 Å². The van der Waals surface area contributed by atoms with Crippen molar-refractivity contribution in [3.63, 3.8) is 0 Å². The monoisotopic (exact) mass is 345 g/mol. The van der Waals surface area contributed by atoms with Gasteiger partial charge in [-0.25, -0.2) is 0 Å². The molecule has 1 heteroatoms. The van der Waals surface area contributed by atoms with Gasteiger partial charge in [-0.15, -0.1) is 0 Å². The summed E-state index contributed by atoms with van der Waals surface area (Å²) >= 11 is 0.295. The lowest BCUT2D eigenvalue weighted by Gasteiger charge is -1.98. The molecule has 96 valence electrons. The maximum atomic E-state index is 2.29. The first-order valence-electron chi connectivity index (χ1n) is 7.07. The lowest BCUT2D eigenvalue weighted by molar-refractivity contribution is -0.627. The molecule has 0 bridgehead atoms. The highest BCUT2D eigenvalue weighted by Gasteiger charge is 2.08. The van der Waals surface area contributed by atoms with E-state index in [1.807, 2.05) is 0 Å². The zero-order valence-corrected chi connectivity index (χ0v) is 13.3. The van der Waals surface area contributed by atoms with Crippen LogP contribution in [0.1, 0.15) is 58.3 Å². The van der Waals surface area contributed by atoms with Crippen molar-refractivity contribution in [2.75, 3.05) is 4.43 Å². The normalized spacial score (nSPS) is 10.6. The highest BCUT2D eigenvalue weighted by molar-refractivity contribution is 4.98. The first-order chi connectivity index (χ1) is 8.43. The molecule has 0 aliphatic heterocycles. The van der Waals surface area contributed by atoms with Gasteiger partial charge in [0.1, 0.15) is 4.43 Å². The van der Waals surface area contributed by atoms with Crippen LogP contribution >= 0.6 is 0 Å². The molecule has 0 aliphatic carbocycles. The van der Waals surface area contributed by atoms with Gasteiger partial charge >= 0.3 is 21.2 Å². The van der Waals surface area contributed by atoms with Crippen molar-refractivity contribution in [1.82, 2.24) is 0 Å². The Morgan fingerprint density at radius 2 is 1.35 bits per heavy atom. The van der Waals surface area contributed by atoms with E-state index in [-0.39, 0.29) is 0 Å². The maximum Gasteiger partial charge on any atom is 0.313 e. The van der Waals surface area contributed by atoms with Gasteiger partial charge < -0.3 is 0 Å². The molecule has 0 atom stereocenters. The predicted octanol–water partition coefficient (Wildman–Crippen LogP) is 2.09. The third-order valence-electron chi connectivity index (χ3n) is 2.97. The van der Waals surface area contributed by atoms with Crippen LogP contribution in [0.4, 0.5) is 0 Å². The van der Waals surface area contributed by atoms with Gasteiger partial charge in [-0.2, -0.15) is 0 Å². The quantitative estimate of drug-likeness (QED) is 0.346. The van der Waals surface area contributed by atoms with Crippen LogP contribution < -0.4 is 21.2 Å². The number of alkyl halides is 1. The average molecular weight is 345 g/mol. The highest BCUT2D eigenvalue weighted by atomic mass is 127. The SMILES string of the molecule is CCCCCCCCCC[I+]c1ccccc1. The van der Waals surface area contributed by atoms with Gasteiger partial charge in [0, 0.05) is 0 Å². The molecule has 17 heavy (non-hydrogen) atoms. The molecular weight excluding hydrogens is 319 g/mol. The molecule has 0 saturated heterocycles. The van der Waals surface area contributed by atoms with Crippen molar-refractivity contribution >= 4 is 0 Å². The van der Waals surface area contributed by atoms with Crippen molar-refractivity contribution < 1.29 is 21.2 Å². The molecule has 1 aromatic rings. The Morgan fingerprint density at radius 3 is 2.00 bits per heavy atom. The molecule has 1 rings (SSSR count). The van der Waals surface area contributed by atoms with Crippen LogP contribution in [0.15, 0.2) is 30.3 Å². The Labute approximate surface area is 117 Å². The fourth-order valence-corrected chi connectivity index (χ4v) is 4.38. The molecule has 0 N–H and O–H groups in total. The molecule has 0 fully saturated rings. The summed E-state index contributed by atoms with van der Waals surface area (Å²) in [5, 5.41) is 0. The molecule has 0 spiro atoms. The standard InChI is InChI=1S/C16H26I/c1-2-3-4-5-6-7-8-12-15-17-16-13-10-9-11-14-16/h9-11,13-14H,2-8,12,15H2,1H3/q+1. The summed E-state index contributed by atoms with van der Waals surface area (Å²) in [6, 6.07) is 11.0. The van der Waals surface area contributed by atoms with E-state index >= 15 is 0 Å². The van der Waals surface area contributed by atoms with Crippen molar-refractivity contribution in [1.29, 1.82) is 0 Å². The van der Waals surface area contributed by atoms with Crippen LogP contribution in [-0.4, -0.2) is 4.43 Å². The summed E-state index contributed by atoms with van der Waals surface area (Å²) in [4.78, 5) is 0. The van der Waals surface area contributed by atoms with Gasteiger partial charge in [0.25, 0.3) is 0 Å². The van der Waals surface area contributed by atoms with E-state index in [0.717, 1.165) is 0 Å². The van der Waals surface area contributed by atoms with E-state index in [1.165, 1.54) is 55.8 Å². The van der Waals surface area contributed by atoms with E-state index in [1.54, 1.807) is 3.57 Å². The van der Waals surface area contributed by atoms with Gasteiger partial charge in [0.2, 0.25) is 0 Å². The molecule has 1 aromatic carbocycles. The second-order valence-corrected chi connectivity index (χ2v) is 7.68. The van der Waals surface area contributed by atoms with Crippen LogP contribution in [-0.2, 0) is 0 Å². The van der Waals surface area contributed by atoms with Crippen LogP contribution in [0.5, 0.6) is 0 Å². The minimum absolute atomic E-state index is 0.295. The van der Waals surface area contributed by atoms with Crippen LogP contribution in [0.2, 0.25) is 0 Å². The van der Waals surface area contributed by atoms with Crippen LogP contribution in [0, 0.1) is 3.57 Å².